The van der Waals surface area contributed by atoms with Crippen LogP contribution in [-0.2, 0) is 25.6 Å². The molecule has 0 aliphatic carbocycles. The van der Waals surface area contributed by atoms with E-state index in [1.165, 1.54) is 12.1 Å². The number of phenolic OH excluding ortho intramolecular Hbond substituents is 1. The molecule has 1 rings (SSSR count). The van der Waals surface area contributed by atoms with Crippen LogP contribution in [-0.4, -0.2) is 70.1 Å². The van der Waals surface area contributed by atoms with Crippen LogP contribution in [0.3, 0.4) is 0 Å². The zero-order valence-electron chi connectivity index (χ0n) is 22.3. The van der Waals surface area contributed by atoms with E-state index in [0.29, 0.717) is 17.7 Å². The van der Waals surface area contributed by atoms with E-state index in [1.54, 1.807) is 23.9 Å². The first-order valence-corrected chi connectivity index (χ1v) is 13.9. The molecule has 0 saturated heterocycles. The number of benzene rings is 1. The highest BCUT2D eigenvalue weighted by Gasteiger charge is 2.31. The van der Waals surface area contributed by atoms with Crippen molar-refractivity contribution in [2.45, 2.75) is 77.5 Å². The zero-order chi connectivity index (χ0) is 28.1. The summed E-state index contributed by atoms with van der Waals surface area (Å²) in [5, 5.41) is 27.1. The number of carboxylic acid groups (broad SMARTS) is 1. The van der Waals surface area contributed by atoms with Crippen molar-refractivity contribution >= 4 is 35.5 Å². The van der Waals surface area contributed by atoms with Gasteiger partial charge in [-0.05, 0) is 60.8 Å². The quantitative estimate of drug-likeness (QED) is 0.184. The van der Waals surface area contributed by atoms with Crippen molar-refractivity contribution in [3.63, 3.8) is 0 Å². The molecule has 1 aromatic rings. The first kappa shape index (κ1) is 32.2. The number of carboxylic acids is 1. The zero-order valence-corrected chi connectivity index (χ0v) is 23.1. The molecule has 11 heteroatoms. The Morgan fingerprint density at radius 2 is 1.32 bits per heavy atom. The van der Waals surface area contributed by atoms with Gasteiger partial charge < -0.3 is 31.9 Å². The summed E-state index contributed by atoms with van der Waals surface area (Å²) in [6, 6.07) is 2.31. The first-order chi connectivity index (χ1) is 17.3. The summed E-state index contributed by atoms with van der Waals surface area (Å²) in [6.45, 7) is 7.48. The number of phenols is 1. The lowest BCUT2D eigenvalue weighted by Crippen LogP contribution is -2.58. The highest BCUT2D eigenvalue weighted by Crippen LogP contribution is 2.13. The summed E-state index contributed by atoms with van der Waals surface area (Å²) >= 11 is 1.55. The van der Waals surface area contributed by atoms with E-state index in [-0.39, 0.29) is 36.8 Å². The second kappa shape index (κ2) is 16.1. The minimum absolute atomic E-state index is 0.0227. The average molecular weight is 539 g/mol. The van der Waals surface area contributed by atoms with Gasteiger partial charge in [-0.2, -0.15) is 11.8 Å². The predicted molar refractivity (Wildman–Crippen MR) is 145 cm³/mol. The van der Waals surface area contributed by atoms with Crippen LogP contribution in [0.2, 0.25) is 0 Å². The molecular formula is C26H42N4O6S. The number of hydrogen-bond acceptors (Lipinski definition) is 7. The number of amides is 3. The van der Waals surface area contributed by atoms with E-state index in [4.69, 9.17) is 5.73 Å². The number of aromatic hydroxyl groups is 1. The summed E-state index contributed by atoms with van der Waals surface area (Å²) < 4.78 is 0. The van der Waals surface area contributed by atoms with Crippen molar-refractivity contribution in [2.24, 2.45) is 17.6 Å². The smallest absolute Gasteiger partial charge is 0.326 e. The van der Waals surface area contributed by atoms with Crippen molar-refractivity contribution in [3.8, 4) is 5.75 Å². The number of nitrogens with two attached hydrogens (primary N) is 1. The Morgan fingerprint density at radius 3 is 1.84 bits per heavy atom. The van der Waals surface area contributed by atoms with Crippen molar-refractivity contribution < 1.29 is 29.4 Å². The maximum atomic E-state index is 13.4. The number of hydrogen-bond donors (Lipinski definition) is 6. The molecule has 7 N–H and O–H groups in total. The van der Waals surface area contributed by atoms with Gasteiger partial charge in [0.1, 0.15) is 23.9 Å². The van der Waals surface area contributed by atoms with Crippen LogP contribution in [0.5, 0.6) is 5.75 Å². The first-order valence-electron chi connectivity index (χ1n) is 12.5. The molecule has 0 heterocycles. The van der Waals surface area contributed by atoms with Gasteiger partial charge in [0.05, 0.1) is 6.04 Å². The standard InChI is InChI=1S/C26H42N4O6S/c1-15(2)12-20(24(33)30-22(26(35)36)13-16(3)4)29-25(34)21(14-17-6-8-18(31)9-7-17)28-23(32)19(27)10-11-37-5/h6-9,15-16,19-22,31H,10-14,27H2,1-5H3,(H,28,32)(H,29,34)(H,30,33)(H,35,36). The van der Waals surface area contributed by atoms with E-state index in [1.807, 2.05) is 34.0 Å². The minimum atomic E-state index is -1.15. The van der Waals surface area contributed by atoms with Crippen molar-refractivity contribution in [1.82, 2.24) is 16.0 Å². The van der Waals surface area contributed by atoms with Crippen LogP contribution >= 0.6 is 11.8 Å². The van der Waals surface area contributed by atoms with Crippen molar-refractivity contribution in [1.29, 1.82) is 0 Å². The molecule has 0 aromatic heterocycles. The molecular weight excluding hydrogens is 496 g/mol. The van der Waals surface area contributed by atoms with Gasteiger partial charge in [-0.3, -0.25) is 14.4 Å². The van der Waals surface area contributed by atoms with Crippen LogP contribution in [0.25, 0.3) is 0 Å². The van der Waals surface area contributed by atoms with Crippen molar-refractivity contribution in [3.05, 3.63) is 29.8 Å². The third kappa shape index (κ3) is 12.3. The highest BCUT2D eigenvalue weighted by molar-refractivity contribution is 7.98. The predicted octanol–water partition coefficient (Wildman–Crippen LogP) is 1.65. The van der Waals surface area contributed by atoms with Gasteiger partial charge in [-0.15, -0.1) is 0 Å². The highest BCUT2D eigenvalue weighted by atomic mass is 32.2. The van der Waals surface area contributed by atoms with E-state index in [2.05, 4.69) is 16.0 Å². The maximum absolute atomic E-state index is 13.4. The van der Waals surface area contributed by atoms with Gasteiger partial charge >= 0.3 is 5.97 Å². The molecule has 208 valence electrons. The summed E-state index contributed by atoms with van der Waals surface area (Å²) in [5.41, 5.74) is 6.68. The largest absolute Gasteiger partial charge is 0.508 e. The van der Waals surface area contributed by atoms with Gasteiger partial charge in [-0.1, -0.05) is 39.8 Å². The molecule has 10 nitrogen and oxygen atoms in total. The molecule has 1 aromatic carbocycles. The third-order valence-corrected chi connectivity index (χ3v) is 6.28. The van der Waals surface area contributed by atoms with Gasteiger partial charge in [-0.25, -0.2) is 4.79 Å². The van der Waals surface area contributed by atoms with Gasteiger partial charge in [0.2, 0.25) is 17.7 Å². The van der Waals surface area contributed by atoms with Crippen LogP contribution < -0.4 is 21.7 Å². The van der Waals surface area contributed by atoms with E-state index < -0.39 is 47.9 Å². The fourth-order valence-corrected chi connectivity index (χ4v) is 4.16. The lowest BCUT2D eigenvalue weighted by molar-refractivity contribution is -0.143. The molecule has 0 fully saturated rings. The average Bonchev–Trinajstić information content (AvgIpc) is 2.81. The van der Waals surface area contributed by atoms with Crippen molar-refractivity contribution in [2.75, 3.05) is 12.0 Å². The Bertz CT molecular complexity index is 894. The number of rotatable bonds is 16. The number of aliphatic carboxylic acids is 1. The molecule has 0 radical (unpaired) electrons. The summed E-state index contributed by atoms with van der Waals surface area (Å²) in [5.74, 6) is -2.00. The number of carbonyl (C=O) groups is 4. The Kier molecular flexibility index (Phi) is 14.1. The van der Waals surface area contributed by atoms with Gasteiger partial charge in [0.25, 0.3) is 0 Å². The fraction of sp³-hybridized carbons (Fsp3) is 0.615. The molecule has 4 unspecified atom stereocenters. The van der Waals surface area contributed by atoms with E-state index in [0.717, 1.165) is 0 Å². The Hall–Kier alpha value is -2.79. The maximum Gasteiger partial charge on any atom is 0.326 e. The van der Waals surface area contributed by atoms with Gasteiger partial charge in [0.15, 0.2) is 0 Å². The summed E-state index contributed by atoms with van der Waals surface area (Å²) in [7, 11) is 0. The van der Waals surface area contributed by atoms with Crippen LogP contribution in [0.4, 0.5) is 0 Å². The number of carbonyl (C=O) groups excluding carboxylic acids is 3. The lowest BCUT2D eigenvalue weighted by atomic mass is 9.99. The SMILES string of the molecule is CSCCC(N)C(=O)NC(Cc1ccc(O)cc1)C(=O)NC(CC(C)C)C(=O)NC(CC(C)C)C(=O)O. The topological polar surface area (TPSA) is 171 Å². The Morgan fingerprint density at radius 1 is 0.838 bits per heavy atom. The minimum Gasteiger partial charge on any atom is -0.508 e. The monoisotopic (exact) mass is 538 g/mol. The van der Waals surface area contributed by atoms with E-state index >= 15 is 0 Å². The number of thioether (sulfide) groups is 1. The summed E-state index contributed by atoms with van der Waals surface area (Å²) in [6.07, 6.45) is 2.97. The molecule has 0 spiro atoms. The van der Waals surface area contributed by atoms with Crippen LogP contribution in [0, 0.1) is 11.8 Å². The van der Waals surface area contributed by atoms with Crippen LogP contribution in [0.1, 0.15) is 52.5 Å². The molecule has 0 aliphatic rings. The molecule has 0 saturated carbocycles. The third-order valence-electron chi connectivity index (χ3n) is 5.64. The molecule has 0 bridgehead atoms. The molecule has 4 atom stereocenters. The van der Waals surface area contributed by atoms with Gasteiger partial charge in [0, 0.05) is 6.42 Å². The number of nitrogens with one attached hydrogen (secondary N) is 3. The lowest BCUT2D eigenvalue weighted by Gasteiger charge is -2.26. The van der Waals surface area contributed by atoms with E-state index in [9.17, 15) is 29.4 Å². The molecule has 3 amide bonds. The second-order valence-electron chi connectivity index (χ2n) is 10.0. The normalized spacial score (nSPS) is 14.5. The Labute approximate surface area is 223 Å². The molecule has 0 aliphatic heterocycles. The molecule has 37 heavy (non-hydrogen) atoms. The Balaban J connectivity index is 3.12. The second-order valence-corrected chi connectivity index (χ2v) is 11.0. The van der Waals surface area contributed by atoms with Crippen LogP contribution in [0.15, 0.2) is 24.3 Å². The summed E-state index contributed by atoms with van der Waals surface area (Å²) in [4.78, 5) is 50.8. The fourth-order valence-electron chi connectivity index (χ4n) is 3.67.